The third-order valence-electron chi connectivity index (χ3n) is 1.67. The maximum absolute atomic E-state index is 5.33. The first-order valence-electron chi connectivity index (χ1n) is 5.14. The monoisotopic (exact) mass is 202 g/mol. The molecule has 4 N–H and O–H groups in total. The zero-order valence-corrected chi connectivity index (χ0v) is 8.78. The Bertz CT molecular complexity index is 129. The van der Waals surface area contributed by atoms with E-state index in [2.05, 4.69) is 0 Å². The van der Waals surface area contributed by atoms with Crippen LogP contribution in [0.25, 0.3) is 0 Å². The highest BCUT2D eigenvalue weighted by Crippen LogP contribution is 1.92. The van der Waals surface area contributed by atoms with Crippen LogP contribution in [0.2, 0.25) is 0 Å². The van der Waals surface area contributed by atoms with Gasteiger partial charge in [-0.15, -0.1) is 0 Å². The summed E-state index contributed by atoms with van der Waals surface area (Å²) in [6.45, 7) is 3.65. The summed E-state index contributed by atoms with van der Waals surface area (Å²) in [4.78, 5) is 0. The molecule has 0 radical (unpaired) electrons. The van der Waals surface area contributed by atoms with E-state index in [0.29, 0.717) is 13.2 Å². The van der Waals surface area contributed by atoms with E-state index in [-0.39, 0.29) is 0 Å². The topological polar surface area (TPSA) is 70.5 Å². The Hall–Kier alpha value is -0.580. The average molecular weight is 202 g/mol. The molecule has 0 bridgehead atoms. The lowest BCUT2D eigenvalue weighted by Crippen LogP contribution is -2.05. The van der Waals surface area contributed by atoms with Gasteiger partial charge in [0.05, 0.1) is 6.61 Å². The van der Waals surface area contributed by atoms with Gasteiger partial charge >= 0.3 is 0 Å². The fraction of sp³-hybridized carbons (Fsp3) is 0.800. The Morgan fingerprint density at radius 1 is 0.929 bits per heavy atom. The third kappa shape index (κ3) is 11.4. The Labute approximate surface area is 86.2 Å². The lowest BCUT2D eigenvalue weighted by atomic mass is 10.3. The Morgan fingerprint density at radius 2 is 1.57 bits per heavy atom. The van der Waals surface area contributed by atoms with E-state index in [1.165, 1.54) is 6.20 Å². The van der Waals surface area contributed by atoms with Gasteiger partial charge in [0.1, 0.15) is 0 Å². The molecule has 0 aliphatic heterocycles. The van der Waals surface area contributed by atoms with Crippen LogP contribution in [0.3, 0.4) is 0 Å². The van der Waals surface area contributed by atoms with Gasteiger partial charge in [0.2, 0.25) is 0 Å². The minimum atomic E-state index is 0.602. The molecule has 0 aromatic carbocycles. The fourth-order valence-electron chi connectivity index (χ4n) is 0.903. The number of ether oxygens (including phenoxy) is 2. The molecule has 0 saturated carbocycles. The molecule has 0 aliphatic carbocycles. The molecule has 0 heterocycles. The van der Waals surface area contributed by atoms with Crippen LogP contribution in [-0.2, 0) is 9.47 Å². The molecule has 0 aromatic rings. The van der Waals surface area contributed by atoms with Crippen molar-refractivity contribution in [1.82, 2.24) is 0 Å². The van der Waals surface area contributed by atoms with E-state index in [4.69, 9.17) is 20.9 Å². The standard InChI is InChI=1S/C10H22N2O2/c11-5-3-9-13-7-1-2-8-14-10-4-6-12/h3,5H,1-2,4,6-12H2/b5-3+. The fourth-order valence-corrected chi connectivity index (χ4v) is 0.903. The van der Waals surface area contributed by atoms with Gasteiger partial charge in [0.25, 0.3) is 0 Å². The van der Waals surface area contributed by atoms with Crippen LogP contribution in [-0.4, -0.2) is 33.0 Å². The smallest absolute Gasteiger partial charge is 0.0664 e. The molecule has 4 heteroatoms. The van der Waals surface area contributed by atoms with Gasteiger partial charge in [-0.05, 0) is 38.1 Å². The molecule has 0 spiro atoms. The Kier molecular flexibility index (Phi) is 11.9. The molecule has 0 fully saturated rings. The molecule has 4 nitrogen and oxygen atoms in total. The third-order valence-corrected chi connectivity index (χ3v) is 1.67. The molecule has 0 unspecified atom stereocenters. The zero-order valence-electron chi connectivity index (χ0n) is 8.78. The van der Waals surface area contributed by atoms with Gasteiger partial charge in [0, 0.05) is 19.8 Å². The van der Waals surface area contributed by atoms with E-state index < -0.39 is 0 Å². The highest BCUT2D eigenvalue weighted by Gasteiger charge is 1.89. The lowest BCUT2D eigenvalue weighted by molar-refractivity contribution is 0.112. The van der Waals surface area contributed by atoms with Crippen molar-refractivity contribution in [3.63, 3.8) is 0 Å². The van der Waals surface area contributed by atoms with Crippen molar-refractivity contribution in [3.05, 3.63) is 12.3 Å². The summed E-state index contributed by atoms with van der Waals surface area (Å²) in [5.74, 6) is 0. The van der Waals surface area contributed by atoms with Crippen molar-refractivity contribution in [1.29, 1.82) is 0 Å². The molecule has 0 saturated heterocycles. The predicted molar refractivity (Wildman–Crippen MR) is 57.9 cm³/mol. The highest BCUT2D eigenvalue weighted by atomic mass is 16.5. The second-order valence-electron chi connectivity index (χ2n) is 2.96. The molecule has 0 amide bonds. The van der Waals surface area contributed by atoms with Crippen LogP contribution in [0, 0.1) is 0 Å². The average Bonchev–Trinajstić information content (AvgIpc) is 2.21. The van der Waals surface area contributed by atoms with Crippen LogP contribution in [0.1, 0.15) is 19.3 Å². The van der Waals surface area contributed by atoms with Crippen LogP contribution < -0.4 is 11.5 Å². The summed E-state index contributed by atoms with van der Waals surface area (Å²) in [7, 11) is 0. The zero-order chi connectivity index (χ0) is 10.5. The second-order valence-corrected chi connectivity index (χ2v) is 2.96. The van der Waals surface area contributed by atoms with Gasteiger partial charge in [0.15, 0.2) is 0 Å². The molecule has 0 atom stereocenters. The van der Waals surface area contributed by atoms with Gasteiger partial charge in [-0.2, -0.15) is 0 Å². The van der Waals surface area contributed by atoms with Crippen molar-refractivity contribution in [2.45, 2.75) is 19.3 Å². The van der Waals surface area contributed by atoms with E-state index >= 15 is 0 Å². The summed E-state index contributed by atoms with van der Waals surface area (Å²) in [6, 6.07) is 0. The van der Waals surface area contributed by atoms with Gasteiger partial charge in [-0.1, -0.05) is 0 Å². The van der Waals surface area contributed by atoms with E-state index in [0.717, 1.165) is 39.1 Å². The molecular weight excluding hydrogens is 180 g/mol. The number of nitrogens with two attached hydrogens (primary N) is 2. The number of unbranched alkanes of at least 4 members (excludes halogenated alkanes) is 1. The quantitative estimate of drug-likeness (QED) is 0.509. The summed E-state index contributed by atoms with van der Waals surface area (Å²) >= 11 is 0. The highest BCUT2D eigenvalue weighted by molar-refractivity contribution is 4.74. The first kappa shape index (κ1) is 13.4. The maximum Gasteiger partial charge on any atom is 0.0664 e. The predicted octanol–water partition coefficient (Wildman–Crippen LogP) is 0.621. The normalized spacial score (nSPS) is 11.2. The maximum atomic E-state index is 5.33. The molecule has 84 valence electrons. The summed E-state index contributed by atoms with van der Waals surface area (Å²) < 4.78 is 10.6. The summed E-state index contributed by atoms with van der Waals surface area (Å²) in [5, 5.41) is 0. The van der Waals surface area contributed by atoms with Crippen LogP contribution in [0.15, 0.2) is 12.3 Å². The largest absolute Gasteiger partial charge is 0.405 e. The SMILES string of the molecule is N/C=C/COCCCCOCCCN. The second kappa shape index (κ2) is 12.4. The van der Waals surface area contributed by atoms with Crippen molar-refractivity contribution >= 4 is 0 Å². The first-order valence-corrected chi connectivity index (χ1v) is 5.14. The van der Waals surface area contributed by atoms with Crippen molar-refractivity contribution < 1.29 is 9.47 Å². The molecule has 0 rings (SSSR count). The van der Waals surface area contributed by atoms with E-state index in [1.54, 1.807) is 6.08 Å². The first-order chi connectivity index (χ1) is 6.91. The van der Waals surface area contributed by atoms with Crippen LogP contribution in [0.5, 0.6) is 0 Å². The minimum Gasteiger partial charge on any atom is -0.405 e. The van der Waals surface area contributed by atoms with Crippen molar-refractivity contribution in [2.24, 2.45) is 11.5 Å². The van der Waals surface area contributed by atoms with E-state index in [1.807, 2.05) is 0 Å². The number of rotatable bonds is 10. The van der Waals surface area contributed by atoms with Gasteiger partial charge < -0.3 is 20.9 Å². The number of hydrogen-bond donors (Lipinski definition) is 2. The van der Waals surface area contributed by atoms with Crippen LogP contribution in [0.4, 0.5) is 0 Å². The van der Waals surface area contributed by atoms with Crippen LogP contribution >= 0.6 is 0 Å². The minimum absolute atomic E-state index is 0.602. The molecular formula is C10H22N2O2. The molecule has 0 aromatic heterocycles. The Balaban J connectivity index is 2.85. The molecule has 14 heavy (non-hydrogen) atoms. The Morgan fingerprint density at radius 3 is 2.21 bits per heavy atom. The summed E-state index contributed by atoms with van der Waals surface area (Å²) in [6.07, 6.45) is 6.30. The van der Waals surface area contributed by atoms with Crippen molar-refractivity contribution in [3.8, 4) is 0 Å². The molecule has 0 aliphatic rings. The van der Waals surface area contributed by atoms with E-state index in [9.17, 15) is 0 Å². The van der Waals surface area contributed by atoms with Gasteiger partial charge in [-0.25, -0.2) is 0 Å². The van der Waals surface area contributed by atoms with Crippen molar-refractivity contribution in [2.75, 3.05) is 33.0 Å². The lowest BCUT2D eigenvalue weighted by Gasteiger charge is -2.03. The number of hydrogen-bond acceptors (Lipinski definition) is 4. The van der Waals surface area contributed by atoms with Gasteiger partial charge in [-0.3, -0.25) is 0 Å². The summed E-state index contributed by atoms with van der Waals surface area (Å²) in [5.41, 5.74) is 10.5.